The van der Waals surface area contributed by atoms with Gasteiger partial charge in [0.25, 0.3) is 0 Å². The van der Waals surface area contributed by atoms with E-state index in [9.17, 15) is 24.3 Å². The van der Waals surface area contributed by atoms with Gasteiger partial charge in [-0.3, -0.25) is 14.7 Å². The van der Waals surface area contributed by atoms with Crippen LogP contribution in [0.1, 0.15) is 47.4 Å². The molecule has 2 aliphatic heterocycles. The molecule has 1 N–H and O–H groups in total. The van der Waals surface area contributed by atoms with E-state index in [0.717, 1.165) is 23.4 Å². The number of carboxylic acid groups (broad SMARTS) is 1. The van der Waals surface area contributed by atoms with Crippen LogP contribution in [0.4, 0.5) is 14.9 Å². The number of amides is 3. The molecule has 2 fully saturated rings. The van der Waals surface area contributed by atoms with Crippen molar-refractivity contribution in [3.05, 3.63) is 143 Å². The average molecular weight is 734 g/mol. The molecule has 0 aromatic heterocycles. The molecule has 0 aliphatic carbocycles. The molecule has 51 heavy (non-hydrogen) atoms. The second kappa shape index (κ2) is 17.2. The molecule has 10 nitrogen and oxygen atoms in total. The van der Waals surface area contributed by atoms with Crippen LogP contribution in [0.3, 0.4) is 0 Å². The van der Waals surface area contributed by atoms with Gasteiger partial charge in [0, 0.05) is 40.9 Å². The number of imide groups is 1. The third-order valence-corrected chi connectivity index (χ3v) is 8.98. The van der Waals surface area contributed by atoms with E-state index in [2.05, 4.69) is 10.2 Å². The van der Waals surface area contributed by atoms with E-state index in [0.29, 0.717) is 29.8 Å². The van der Waals surface area contributed by atoms with E-state index in [1.54, 1.807) is 60.7 Å². The van der Waals surface area contributed by atoms with Gasteiger partial charge in [-0.25, -0.2) is 18.9 Å². The van der Waals surface area contributed by atoms with Gasteiger partial charge in [0.2, 0.25) is 5.91 Å². The summed E-state index contributed by atoms with van der Waals surface area (Å²) in [4.78, 5) is 60.2. The Balaban J connectivity index is 0.00000504. The second-order valence-corrected chi connectivity index (χ2v) is 12.2. The number of hydrogen-bond donors (Lipinski definition) is 1. The van der Waals surface area contributed by atoms with Gasteiger partial charge in [-0.15, -0.1) is 5.69 Å². The molecule has 0 unspecified atom stereocenters. The maximum Gasteiger partial charge on any atom is 0.416 e. The molecule has 2 aliphatic rings. The molecule has 3 amide bonds. The molecular weight excluding hydrogens is 698 g/mol. The number of hydrogen-bond acceptors (Lipinski definition) is 7. The molecule has 3 atom stereocenters. The van der Waals surface area contributed by atoms with Gasteiger partial charge in [0.15, 0.2) is 6.04 Å². The molecule has 0 radical (unpaired) electrons. The molecule has 4 aromatic rings. The first-order valence-electron chi connectivity index (χ1n) is 16.5. The van der Waals surface area contributed by atoms with Crippen LogP contribution in [-0.4, -0.2) is 76.3 Å². The Morgan fingerprint density at radius 3 is 2.25 bits per heavy atom. The van der Waals surface area contributed by atoms with Crippen LogP contribution in [0.15, 0.2) is 114 Å². The summed E-state index contributed by atoms with van der Waals surface area (Å²) in [5.74, 6) is -4.45. The summed E-state index contributed by atoms with van der Waals surface area (Å²) < 4.78 is 20.3. The number of benzene rings is 4. The van der Waals surface area contributed by atoms with Crippen molar-refractivity contribution >= 4 is 35.3 Å². The fourth-order valence-electron chi connectivity index (χ4n) is 6.52. The van der Waals surface area contributed by atoms with Gasteiger partial charge >= 0.3 is 12.1 Å². The predicted molar refractivity (Wildman–Crippen MR) is 185 cm³/mol. The minimum absolute atomic E-state index is 0. The molecular formula is C39H36FN4NiO6-. The summed E-state index contributed by atoms with van der Waals surface area (Å²) in [6.07, 6.45) is 0.138. The average Bonchev–Trinajstić information content (AvgIpc) is 3.78. The van der Waals surface area contributed by atoms with Crippen molar-refractivity contribution in [3.8, 4) is 0 Å². The van der Waals surface area contributed by atoms with Crippen molar-refractivity contribution in [1.29, 1.82) is 0 Å². The fraction of sp³-hybridized carbons (Fsp3) is 0.256. The monoisotopic (exact) mass is 733 g/mol. The molecule has 0 saturated carbocycles. The first-order valence-corrected chi connectivity index (χ1v) is 16.5. The van der Waals surface area contributed by atoms with Gasteiger partial charge < -0.3 is 20.0 Å². The zero-order valence-electron chi connectivity index (χ0n) is 27.5. The smallest absolute Gasteiger partial charge is 0.416 e. The number of cyclic esters (lactones) is 1. The number of rotatable bonds is 12. The van der Waals surface area contributed by atoms with Crippen LogP contribution in [0, 0.1) is 5.82 Å². The van der Waals surface area contributed by atoms with E-state index in [-0.39, 0.29) is 46.8 Å². The summed E-state index contributed by atoms with van der Waals surface area (Å²) in [5, 5.41) is 15.2. The number of likely N-dealkylation sites (tertiary alicyclic amines) is 1. The molecule has 2 saturated heterocycles. The molecule has 266 valence electrons. The third-order valence-electron chi connectivity index (χ3n) is 8.98. The Bertz CT molecular complexity index is 1890. The Kier molecular flexibility index (Phi) is 12.5. The van der Waals surface area contributed by atoms with Crippen molar-refractivity contribution < 1.29 is 49.9 Å². The molecule has 4 aromatic carbocycles. The Labute approximate surface area is 305 Å². The van der Waals surface area contributed by atoms with Crippen molar-refractivity contribution in [2.24, 2.45) is 4.99 Å². The summed E-state index contributed by atoms with van der Waals surface area (Å²) in [6, 6.07) is 29.1. The van der Waals surface area contributed by atoms with Crippen LogP contribution in [0.2, 0.25) is 0 Å². The van der Waals surface area contributed by atoms with Crippen molar-refractivity contribution in [2.45, 2.75) is 43.8 Å². The SMILES string of the molecule is O=C(O)[C@@H](N=C(c1ccccc1)c1ccccc1[N-]C(=O)[C@@H]1CCCN1Cc1ccccc1)[C@H](CC(=O)N1CCOC1=O)c1ccccc1F.[Ni]. The number of aliphatic imine (C=N–C) groups is 1. The zero-order chi connectivity index (χ0) is 35.0. The van der Waals surface area contributed by atoms with Gasteiger partial charge in [0.1, 0.15) is 12.4 Å². The number of aliphatic carboxylic acids is 1. The Hall–Kier alpha value is -5.19. The van der Waals surface area contributed by atoms with Gasteiger partial charge in [-0.2, -0.15) is 0 Å². The molecule has 6 rings (SSSR count). The van der Waals surface area contributed by atoms with E-state index in [1.807, 2.05) is 30.3 Å². The topological polar surface area (TPSA) is 131 Å². The van der Waals surface area contributed by atoms with Gasteiger partial charge in [0.05, 0.1) is 24.2 Å². The minimum Gasteiger partial charge on any atom is -0.625 e. The molecule has 0 bridgehead atoms. The zero-order valence-corrected chi connectivity index (χ0v) is 28.5. The predicted octanol–water partition coefficient (Wildman–Crippen LogP) is 6.46. The molecule has 2 heterocycles. The second-order valence-electron chi connectivity index (χ2n) is 12.2. The van der Waals surface area contributed by atoms with Crippen molar-refractivity contribution in [1.82, 2.24) is 9.80 Å². The van der Waals surface area contributed by atoms with E-state index in [4.69, 9.17) is 9.73 Å². The van der Waals surface area contributed by atoms with E-state index in [1.165, 1.54) is 18.2 Å². The number of carboxylic acids is 1. The number of nitrogens with zero attached hydrogens (tertiary/aromatic N) is 4. The summed E-state index contributed by atoms with van der Waals surface area (Å²) >= 11 is 0. The van der Waals surface area contributed by atoms with Crippen LogP contribution in [0.5, 0.6) is 0 Å². The quantitative estimate of drug-likeness (QED) is 0.131. The van der Waals surface area contributed by atoms with Crippen molar-refractivity contribution in [2.75, 3.05) is 19.7 Å². The van der Waals surface area contributed by atoms with Crippen LogP contribution in [0.25, 0.3) is 5.32 Å². The van der Waals surface area contributed by atoms with Gasteiger partial charge in [-0.05, 0) is 42.1 Å². The number of ether oxygens (including phenoxy) is 1. The fourth-order valence-corrected chi connectivity index (χ4v) is 6.52. The first kappa shape index (κ1) is 37.1. The maximum atomic E-state index is 15.4. The van der Waals surface area contributed by atoms with E-state index < -0.39 is 48.2 Å². The van der Waals surface area contributed by atoms with E-state index >= 15 is 4.39 Å². The first-order chi connectivity index (χ1) is 24.3. The van der Waals surface area contributed by atoms with Crippen LogP contribution < -0.4 is 0 Å². The Morgan fingerprint density at radius 1 is 0.902 bits per heavy atom. The Morgan fingerprint density at radius 2 is 1.57 bits per heavy atom. The number of carbonyl (C=O) groups is 4. The number of carbonyl (C=O) groups excluding carboxylic acids is 3. The number of halogens is 1. The van der Waals surface area contributed by atoms with Crippen molar-refractivity contribution in [3.63, 3.8) is 0 Å². The summed E-state index contributed by atoms with van der Waals surface area (Å²) in [7, 11) is 0. The van der Waals surface area contributed by atoms with Gasteiger partial charge in [-0.1, -0.05) is 103 Å². The summed E-state index contributed by atoms with van der Waals surface area (Å²) in [5.41, 5.74) is 2.48. The van der Waals surface area contributed by atoms with Crippen LogP contribution in [-0.2, 0) is 42.2 Å². The molecule has 12 heteroatoms. The number of para-hydroxylation sites is 1. The molecule has 0 spiro atoms. The minimum atomic E-state index is -1.68. The largest absolute Gasteiger partial charge is 0.625 e. The normalized spacial score (nSPS) is 17.3. The standard InChI is InChI=1S/C39H37FN4O6.Ni/c40-31-18-9-7-16-28(31)30(24-34(45)44-22-23-50-39(44)49)36(38(47)48)42-35(27-14-5-2-6-15-27)29-17-8-10-19-32(29)41-37(46)33-20-11-21-43(33)25-26-12-3-1-4-13-26;/h1-10,12-19,30,33,36H,11,20-25H2,(H2,41,42,46,47,48);/p-1/t30-,33+,36+;/m1./s1. The maximum absolute atomic E-state index is 15.4. The summed E-state index contributed by atoms with van der Waals surface area (Å²) in [6.45, 7) is 1.38. The third kappa shape index (κ3) is 8.76. The van der Waals surface area contributed by atoms with Crippen LogP contribution >= 0.6 is 0 Å².